The number of hydrogen-bond acceptors (Lipinski definition) is 3. The topological polar surface area (TPSA) is 48.4 Å². The van der Waals surface area contributed by atoms with E-state index in [0.717, 1.165) is 0 Å². The lowest BCUT2D eigenvalue weighted by Gasteiger charge is -2.13. The number of hydrogen-bond donors (Lipinski definition) is 1. The molecule has 0 saturated heterocycles. The molecule has 0 aliphatic rings. The van der Waals surface area contributed by atoms with Gasteiger partial charge < -0.3 is 14.9 Å². The van der Waals surface area contributed by atoms with E-state index in [0.29, 0.717) is 23.7 Å². The summed E-state index contributed by atoms with van der Waals surface area (Å²) in [6.07, 6.45) is 1.58. The molecule has 2 aromatic rings. The van der Waals surface area contributed by atoms with E-state index in [4.69, 9.17) is 14.9 Å². The summed E-state index contributed by atoms with van der Waals surface area (Å²) in [5, 5.41) is 0. The number of furan rings is 1. The molecule has 1 aromatic heterocycles. The number of rotatable bonds is 4. The molecule has 0 fully saturated rings. The summed E-state index contributed by atoms with van der Waals surface area (Å²) in [5.41, 5.74) is 6.41. The Labute approximate surface area is 99.0 Å². The zero-order valence-corrected chi connectivity index (χ0v) is 9.52. The summed E-state index contributed by atoms with van der Waals surface area (Å²) in [6.45, 7) is 2.09. The van der Waals surface area contributed by atoms with E-state index in [1.54, 1.807) is 25.3 Å². The first-order valence-corrected chi connectivity index (χ1v) is 5.37. The van der Waals surface area contributed by atoms with Crippen molar-refractivity contribution >= 4 is 0 Å². The SMILES string of the molecule is CC(N)c1cc(F)ccc1OCc1ccco1. The van der Waals surface area contributed by atoms with Crippen LogP contribution in [0, 0.1) is 5.82 Å². The monoisotopic (exact) mass is 235 g/mol. The molecule has 0 radical (unpaired) electrons. The van der Waals surface area contributed by atoms with Crippen LogP contribution in [-0.4, -0.2) is 0 Å². The molecule has 2 N–H and O–H groups in total. The molecular formula is C13H14FNO2. The van der Waals surface area contributed by atoms with Crippen molar-refractivity contribution in [3.05, 3.63) is 53.7 Å². The fourth-order valence-electron chi connectivity index (χ4n) is 1.55. The Morgan fingerprint density at radius 1 is 1.41 bits per heavy atom. The first-order valence-electron chi connectivity index (χ1n) is 5.37. The molecule has 0 amide bonds. The molecule has 0 bridgehead atoms. The molecule has 4 heteroatoms. The van der Waals surface area contributed by atoms with Crippen molar-refractivity contribution in [1.29, 1.82) is 0 Å². The van der Waals surface area contributed by atoms with Gasteiger partial charge in [-0.05, 0) is 37.3 Å². The van der Waals surface area contributed by atoms with Gasteiger partial charge in [0, 0.05) is 11.6 Å². The van der Waals surface area contributed by atoms with Crippen LogP contribution in [0.4, 0.5) is 4.39 Å². The minimum absolute atomic E-state index is 0.280. The average Bonchev–Trinajstić information content (AvgIpc) is 2.80. The summed E-state index contributed by atoms with van der Waals surface area (Å²) in [4.78, 5) is 0. The quantitative estimate of drug-likeness (QED) is 0.886. The van der Waals surface area contributed by atoms with Crippen molar-refractivity contribution in [3.63, 3.8) is 0 Å². The second-order valence-electron chi connectivity index (χ2n) is 3.84. The molecule has 1 unspecified atom stereocenters. The summed E-state index contributed by atoms with van der Waals surface area (Å²) in [6, 6.07) is 7.64. The smallest absolute Gasteiger partial charge is 0.146 e. The number of nitrogens with two attached hydrogens (primary N) is 1. The molecule has 1 heterocycles. The van der Waals surface area contributed by atoms with Gasteiger partial charge in [-0.2, -0.15) is 0 Å². The van der Waals surface area contributed by atoms with Crippen LogP contribution in [0.3, 0.4) is 0 Å². The Hall–Kier alpha value is -1.81. The van der Waals surface area contributed by atoms with Crippen LogP contribution in [0.2, 0.25) is 0 Å². The molecule has 90 valence electrons. The fourth-order valence-corrected chi connectivity index (χ4v) is 1.55. The second-order valence-corrected chi connectivity index (χ2v) is 3.84. The van der Waals surface area contributed by atoms with Gasteiger partial charge in [-0.1, -0.05) is 0 Å². The first kappa shape index (κ1) is 11.7. The van der Waals surface area contributed by atoms with E-state index in [1.807, 2.05) is 6.07 Å². The highest BCUT2D eigenvalue weighted by molar-refractivity contribution is 5.36. The van der Waals surface area contributed by atoms with Crippen LogP contribution in [0.15, 0.2) is 41.0 Å². The van der Waals surface area contributed by atoms with Crippen molar-refractivity contribution in [2.75, 3.05) is 0 Å². The summed E-state index contributed by atoms with van der Waals surface area (Å²) in [5.74, 6) is 0.977. The van der Waals surface area contributed by atoms with Crippen LogP contribution in [0.1, 0.15) is 24.3 Å². The number of halogens is 1. The van der Waals surface area contributed by atoms with Crippen molar-refractivity contribution < 1.29 is 13.5 Å². The molecule has 0 saturated carbocycles. The molecule has 2 rings (SSSR count). The van der Waals surface area contributed by atoms with Gasteiger partial charge in [0.05, 0.1) is 6.26 Å². The van der Waals surface area contributed by atoms with E-state index in [9.17, 15) is 4.39 Å². The Kier molecular flexibility index (Phi) is 3.44. The van der Waals surface area contributed by atoms with Crippen LogP contribution in [-0.2, 0) is 6.61 Å². The molecule has 1 aromatic carbocycles. The standard InChI is InChI=1S/C13H14FNO2/c1-9(15)12-7-10(14)4-5-13(12)17-8-11-3-2-6-16-11/h2-7,9H,8,15H2,1H3. The summed E-state index contributed by atoms with van der Waals surface area (Å²) < 4.78 is 23.8. The van der Waals surface area contributed by atoms with E-state index in [-0.39, 0.29) is 11.9 Å². The first-order chi connectivity index (χ1) is 8.16. The highest BCUT2D eigenvalue weighted by Crippen LogP contribution is 2.25. The Bertz CT molecular complexity index is 480. The zero-order chi connectivity index (χ0) is 12.3. The van der Waals surface area contributed by atoms with Crippen molar-refractivity contribution in [2.45, 2.75) is 19.6 Å². The molecule has 1 atom stereocenters. The molecule has 3 nitrogen and oxygen atoms in total. The lowest BCUT2D eigenvalue weighted by atomic mass is 10.1. The number of ether oxygens (including phenoxy) is 1. The average molecular weight is 235 g/mol. The highest BCUT2D eigenvalue weighted by Gasteiger charge is 2.10. The van der Waals surface area contributed by atoms with Gasteiger partial charge in [0.2, 0.25) is 0 Å². The van der Waals surface area contributed by atoms with Gasteiger partial charge in [0.1, 0.15) is 23.9 Å². The number of benzene rings is 1. The van der Waals surface area contributed by atoms with Gasteiger partial charge >= 0.3 is 0 Å². The summed E-state index contributed by atoms with van der Waals surface area (Å²) in [7, 11) is 0. The third kappa shape index (κ3) is 2.85. The normalized spacial score (nSPS) is 12.4. The molecule has 0 spiro atoms. The van der Waals surface area contributed by atoms with E-state index in [1.165, 1.54) is 12.1 Å². The molecule has 0 aliphatic heterocycles. The summed E-state index contributed by atoms with van der Waals surface area (Å²) >= 11 is 0. The lowest BCUT2D eigenvalue weighted by molar-refractivity contribution is 0.266. The van der Waals surface area contributed by atoms with Crippen LogP contribution < -0.4 is 10.5 Å². The Balaban J connectivity index is 2.14. The second kappa shape index (κ2) is 5.01. The van der Waals surface area contributed by atoms with Crippen LogP contribution in [0.25, 0.3) is 0 Å². The lowest BCUT2D eigenvalue weighted by Crippen LogP contribution is -2.08. The van der Waals surface area contributed by atoms with Crippen molar-refractivity contribution in [1.82, 2.24) is 0 Å². The van der Waals surface area contributed by atoms with Crippen molar-refractivity contribution in [2.24, 2.45) is 5.73 Å². The van der Waals surface area contributed by atoms with Gasteiger partial charge in [0.25, 0.3) is 0 Å². The third-order valence-electron chi connectivity index (χ3n) is 2.41. The highest BCUT2D eigenvalue weighted by atomic mass is 19.1. The van der Waals surface area contributed by atoms with Crippen molar-refractivity contribution in [3.8, 4) is 5.75 Å². The maximum absolute atomic E-state index is 13.1. The minimum Gasteiger partial charge on any atom is -0.485 e. The van der Waals surface area contributed by atoms with E-state index in [2.05, 4.69) is 0 Å². The van der Waals surface area contributed by atoms with Gasteiger partial charge in [-0.15, -0.1) is 0 Å². The third-order valence-corrected chi connectivity index (χ3v) is 2.41. The van der Waals surface area contributed by atoms with Gasteiger partial charge in [-0.3, -0.25) is 0 Å². The van der Waals surface area contributed by atoms with E-state index >= 15 is 0 Å². The maximum Gasteiger partial charge on any atom is 0.146 e. The molecule has 0 aliphatic carbocycles. The van der Waals surface area contributed by atoms with Crippen LogP contribution >= 0.6 is 0 Å². The molecule has 17 heavy (non-hydrogen) atoms. The maximum atomic E-state index is 13.1. The Morgan fingerprint density at radius 3 is 2.88 bits per heavy atom. The predicted octanol–water partition coefficient (Wildman–Crippen LogP) is 3.02. The zero-order valence-electron chi connectivity index (χ0n) is 9.52. The van der Waals surface area contributed by atoms with Crippen LogP contribution in [0.5, 0.6) is 5.75 Å². The predicted molar refractivity (Wildman–Crippen MR) is 62.0 cm³/mol. The Morgan fingerprint density at radius 2 is 2.24 bits per heavy atom. The van der Waals surface area contributed by atoms with Gasteiger partial charge in [0.15, 0.2) is 0 Å². The van der Waals surface area contributed by atoms with E-state index < -0.39 is 0 Å². The van der Waals surface area contributed by atoms with Gasteiger partial charge in [-0.25, -0.2) is 4.39 Å². The minimum atomic E-state index is -0.317. The largest absolute Gasteiger partial charge is 0.485 e. The molecular weight excluding hydrogens is 221 g/mol. The fraction of sp³-hybridized carbons (Fsp3) is 0.231.